The van der Waals surface area contributed by atoms with Crippen LogP contribution in [-0.2, 0) is 6.42 Å². The third-order valence-corrected chi connectivity index (χ3v) is 7.49. The maximum absolute atomic E-state index is 14.8. The monoisotopic (exact) mass is 495 g/mol. The van der Waals surface area contributed by atoms with Crippen molar-refractivity contribution in [1.82, 2.24) is 24.6 Å². The molecule has 2 N–H and O–H groups in total. The maximum atomic E-state index is 14.8. The van der Waals surface area contributed by atoms with Gasteiger partial charge in [0.2, 0.25) is 5.88 Å². The molecule has 1 fully saturated rings. The van der Waals surface area contributed by atoms with E-state index in [-0.39, 0.29) is 23.9 Å². The molecule has 6 rings (SSSR count). The highest BCUT2D eigenvalue weighted by atomic mass is 35.5. The topological polar surface area (TPSA) is 94.5 Å². The normalized spacial score (nSPS) is 18.5. The zero-order chi connectivity index (χ0) is 23.4. The second kappa shape index (κ2) is 8.73. The van der Waals surface area contributed by atoms with Crippen LogP contribution < -0.4 is 15.4 Å². The van der Waals surface area contributed by atoms with E-state index in [0.717, 1.165) is 49.4 Å². The fourth-order valence-corrected chi connectivity index (χ4v) is 5.63. The summed E-state index contributed by atoms with van der Waals surface area (Å²) in [4.78, 5) is 15.8. The SMILES string of the molecule is COc1cc(-c2c(C)nc(N3CCC4(CC3)Cc3ncccc3[C@H]4N)c3ccnn23)c(F)cn1.Cl. The Morgan fingerprint density at radius 1 is 1.17 bits per heavy atom. The van der Waals surface area contributed by atoms with Gasteiger partial charge in [-0.3, -0.25) is 4.98 Å². The minimum absolute atomic E-state index is 0. The minimum Gasteiger partial charge on any atom is -0.481 e. The van der Waals surface area contributed by atoms with Gasteiger partial charge < -0.3 is 15.4 Å². The number of nitrogens with two attached hydrogens (primary N) is 1. The zero-order valence-electron chi connectivity index (χ0n) is 19.6. The average molecular weight is 496 g/mol. The Kier molecular flexibility index (Phi) is 5.85. The number of hydrogen-bond donors (Lipinski definition) is 1. The number of nitrogens with zero attached hydrogens (tertiary/aromatic N) is 6. The number of halogens is 2. The van der Waals surface area contributed by atoms with E-state index in [0.29, 0.717) is 22.8 Å². The first-order valence-corrected chi connectivity index (χ1v) is 11.5. The van der Waals surface area contributed by atoms with Crippen LogP contribution in [0.3, 0.4) is 0 Å². The van der Waals surface area contributed by atoms with Crippen LogP contribution in [0.1, 0.15) is 35.8 Å². The van der Waals surface area contributed by atoms with Crippen molar-refractivity contribution in [3.05, 3.63) is 65.6 Å². The van der Waals surface area contributed by atoms with Gasteiger partial charge in [0.05, 0.1) is 30.9 Å². The van der Waals surface area contributed by atoms with Crippen molar-refractivity contribution in [3.63, 3.8) is 0 Å². The summed E-state index contributed by atoms with van der Waals surface area (Å²) in [6.45, 7) is 3.56. The van der Waals surface area contributed by atoms with Crippen LogP contribution >= 0.6 is 12.4 Å². The largest absolute Gasteiger partial charge is 0.481 e. The van der Waals surface area contributed by atoms with E-state index in [9.17, 15) is 4.39 Å². The Labute approximate surface area is 208 Å². The zero-order valence-corrected chi connectivity index (χ0v) is 20.4. The van der Waals surface area contributed by atoms with E-state index in [1.54, 1.807) is 16.8 Å². The Morgan fingerprint density at radius 2 is 1.97 bits per heavy atom. The third-order valence-electron chi connectivity index (χ3n) is 7.49. The first-order chi connectivity index (χ1) is 16.5. The van der Waals surface area contributed by atoms with Crippen LogP contribution in [0, 0.1) is 18.2 Å². The number of fused-ring (bicyclic) bond motifs is 2. The van der Waals surface area contributed by atoms with Gasteiger partial charge in [0, 0.05) is 42.7 Å². The molecule has 1 aliphatic carbocycles. The van der Waals surface area contributed by atoms with Crippen molar-refractivity contribution in [3.8, 4) is 17.1 Å². The molecule has 1 aliphatic heterocycles. The van der Waals surface area contributed by atoms with Gasteiger partial charge in [0.1, 0.15) is 5.52 Å². The van der Waals surface area contributed by atoms with Crippen LogP contribution in [0.2, 0.25) is 0 Å². The highest BCUT2D eigenvalue weighted by Crippen LogP contribution is 2.50. The summed E-state index contributed by atoms with van der Waals surface area (Å²) >= 11 is 0. The molecule has 4 aromatic heterocycles. The van der Waals surface area contributed by atoms with Crippen molar-refractivity contribution < 1.29 is 9.13 Å². The number of aryl methyl sites for hydroxylation is 1. The minimum atomic E-state index is -0.446. The van der Waals surface area contributed by atoms with Crippen LogP contribution in [0.15, 0.2) is 42.9 Å². The number of ether oxygens (including phenoxy) is 1. The number of rotatable bonds is 3. The number of aromatic nitrogens is 5. The van der Waals surface area contributed by atoms with Crippen molar-refractivity contribution in [1.29, 1.82) is 0 Å². The molecule has 0 radical (unpaired) electrons. The van der Waals surface area contributed by atoms with Gasteiger partial charge in [0.15, 0.2) is 11.6 Å². The van der Waals surface area contributed by atoms with Crippen molar-refractivity contribution in [2.75, 3.05) is 25.1 Å². The van der Waals surface area contributed by atoms with Crippen LogP contribution in [0.25, 0.3) is 16.8 Å². The van der Waals surface area contributed by atoms with Crippen molar-refractivity contribution in [2.45, 2.75) is 32.2 Å². The van der Waals surface area contributed by atoms with Gasteiger partial charge in [-0.1, -0.05) is 6.07 Å². The summed E-state index contributed by atoms with van der Waals surface area (Å²) in [5, 5.41) is 4.51. The summed E-state index contributed by atoms with van der Waals surface area (Å²) in [7, 11) is 1.51. The number of hydrogen-bond acceptors (Lipinski definition) is 7. The highest BCUT2D eigenvalue weighted by molar-refractivity contribution is 5.85. The number of methoxy groups -OCH3 is 1. The van der Waals surface area contributed by atoms with Gasteiger partial charge in [-0.2, -0.15) is 5.10 Å². The first kappa shape index (κ1) is 23.4. The lowest BCUT2D eigenvalue weighted by Crippen LogP contribution is -2.44. The Hall–Kier alpha value is -3.30. The smallest absolute Gasteiger partial charge is 0.213 e. The second-order valence-electron chi connectivity index (χ2n) is 9.25. The fourth-order valence-electron chi connectivity index (χ4n) is 5.63. The van der Waals surface area contributed by atoms with Crippen molar-refractivity contribution in [2.24, 2.45) is 11.1 Å². The first-order valence-electron chi connectivity index (χ1n) is 11.5. The summed E-state index contributed by atoms with van der Waals surface area (Å²) < 4.78 is 21.7. The van der Waals surface area contributed by atoms with E-state index in [1.165, 1.54) is 18.9 Å². The molecule has 182 valence electrons. The predicted octanol–water partition coefficient (Wildman–Crippen LogP) is 3.91. The molecular weight excluding hydrogens is 469 g/mol. The molecule has 0 aromatic carbocycles. The van der Waals surface area contributed by atoms with Crippen LogP contribution in [-0.4, -0.2) is 44.8 Å². The second-order valence-corrected chi connectivity index (χ2v) is 9.25. The van der Waals surface area contributed by atoms with Gasteiger partial charge in [-0.15, -0.1) is 12.4 Å². The van der Waals surface area contributed by atoms with Crippen LogP contribution in [0.5, 0.6) is 5.88 Å². The molecule has 1 spiro atoms. The van der Waals surface area contributed by atoms with E-state index in [1.807, 2.05) is 25.3 Å². The third kappa shape index (κ3) is 3.61. The molecule has 1 atom stereocenters. The molecular formula is C25H27ClFN7O. The molecule has 2 aliphatic rings. The Balaban J connectivity index is 0.00000253. The van der Waals surface area contributed by atoms with Gasteiger partial charge >= 0.3 is 0 Å². The lowest BCUT2D eigenvalue weighted by molar-refractivity contribution is 0.187. The molecule has 0 unspecified atom stereocenters. The van der Waals surface area contributed by atoms with Gasteiger partial charge in [-0.25, -0.2) is 18.9 Å². The van der Waals surface area contributed by atoms with E-state index >= 15 is 0 Å². The summed E-state index contributed by atoms with van der Waals surface area (Å²) in [5.41, 5.74) is 11.6. The molecule has 35 heavy (non-hydrogen) atoms. The molecule has 10 heteroatoms. The van der Waals surface area contributed by atoms with Gasteiger partial charge in [0.25, 0.3) is 0 Å². The van der Waals surface area contributed by atoms with E-state index < -0.39 is 5.82 Å². The highest BCUT2D eigenvalue weighted by Gasteiger charge is 2.46. The van der Waals surface area contributed by atoms with Crippen molar-refractivity contribution >= 4 is 23.7 Å². The fraction of sp³-hybridized carbons (Fsp3) is 0.360. The lowest BCUT2D eigenvalue weighted by atomic mass is 9.73. The molecule has 0 amide bonds. The molecule has 8 nitrogen and oxygen atoms in total. The quantitative estimate of drug-likeness (QED) is 0.460. The van der Waals surface area contributed by atoms with Crippen LogP contribution in [0.4, 0.5) is 10.2 Å². The standard InChI is InChI=1S/C25H26FN7O.ClH/c1-15-22(17-12-21(34-2)29-14-18(17)26)33-20(5-9-30-33)24(31-15)32-10-6-25(7-11-32)13-19-16(23(25)27)4-3-8-28-19;/h3-5,8-9,12,14,23H,6-7,10-11,13,27H2,1-2H3;1H/t23-;/m1./s1. The van der Waals surface area contributed by atoms with E-state index in [2.05, 4.69) is 26.0 Å². The number of pyridine rings is 2. The van der Waals surface area contributed by atoms with Gasteiger partial charge in [-0.05, 0) is 49.3 Å². The maximum Gasteiger partial charge on any atom is 0.213 e. The molecule has 0 saturated carbocycles. The number of anilines is 1. The lowest BCUT2D eigenvalue weighted by Gasteiger charge is -2.42. The Bertz CT molecular complexity index is 1400. The van der Waals surface area contributed by atoms with E-state index in [4.69, 9.17) is 15.5 Å². The summed E-state index contributed by atoms with van der Waals surface area (Å²) in [6.07, 6.45) is 7.59. The summed E-state index contributed by atoms with van der Waals surface area (Å²) in [5.74, 6) is 0.751. The predicted molar refractivity (Wildman–Crippen MR) is 133 cm³/mol. The molecule has 1 saturated heterocycles. The molecule has 0 bridgehead atoms. The average Bonchev–Trinajstić information content (AvgIpc) is 3.44. The summed E-state index contributed by atoms with van der Waals surface area (Å²) in [6, 6.07) is 7.60. The molecule has 4 aromatic rings. The molecule has 5 heterocycles. The number of piperidine rings is 1. The Morgan fingerprint density at radius 3 is 2.71 bits per heavy atom.